The molecule has 0 bridgehead atoms. The minimum atomic E-state index is -4.31. The van der Waals surface area contributed by atoms with Crippen LogP contribution >= 0.6 is 0 Å². The normalized spacial score (nSPS) is 11.8. The zero-order valence-electron chi connectivity index (χ0n) is 8.23. The van der Waals surface area contributed by atoms with Crippen LogP contribution in [-0.4, -0.2) is 31.7 Å². The maximum absolute atomic E-state index is 12.9. The molecule has 0 spiro atoms. The van der Waals surface area contributed by atoms with Crippen molar-refractivity contribution in [3.63, 3.8) is 0 Å². The maximum atomic E-state index is 12.9. The molecule has 0 atom stereocenters. The van der Waals surface area contributed by atoms with Gasteiger partial charge in [-0.2, -0.15) is 0 Å². The highest BCUT2D eigenvalue weighted by molar-refractivity contribution is 7.91. The largest absolute Gasteiger partial charge is 0.478 e. The lowest BCUT2D eigenvalue weighted by Gasteiger charge is -2.05. The molecule has 0 saturated heterocycles. The highest BCUT2D eigenvalue weighted by atomic mass is 32.2. The molecule has 17 heavy (non-hydrogen) atoms. The summed E-state index contributed by atoms with van der Waals surface area (Å²) in [5.74, 6) is -4.23. The Balaban J connectivity index is 3.25. The maximum Gasteiger partial charge on any atom is 0.338 e. The van der Waals surface area contributed by atoms with Crippen LogP contribution < -0.4 is 0 Å². The fourth-order valence-electron chi connectivity index (χ4n) is 1.12. The number of alkyl halides is 2. The molecule has 0 aliphatic rings. The third-order valence-corrected chi connectivity index (χ3v) is 3.54. The second-order valence-electron chi connectivity index (χ2n) is 3.12. The van der Waals surface area contributed by atoms with Gasteiger partial charge in [0.1, 0.15) is 11.6 Å². The fourth-order valence-corrected chi connectivity index (χ4v) is 2.22. The third-order valence-electron chi connectivity index (χ3n) is 1.87. The van der Waals surface area contributed by atoms with E-state index < -0.39 is 44.3 Å². The minimum Gasteiger partial charge on any atom is -0.478 e. The standard InChI is InChI=1S/C9H7F3O4S/c10-7-2-1-5(3-6(7)9(13)14)17(15,16)4-8(11)12/h1-3,8H,4H2,(H,13,14). The van der Waals surface area contributed by atoms with Gasteiger partial charge in [-0.05, 0) is 18.2 Å². The zero-order valence-corrected chi connectivity index (χ0v) is 9.05. The molecule has 0 heterocycles. The van der Waals surface area contributed by atoms with E-state index in [0.717, 1.165) is 6.07 Å². The van der Waals surface area contributed by atoms with Crippen molar-refractivity contribution >= 4 is 15.8 Å². The Hall–Kier alpha value is -1.57. The van der Waals surface area contributed by atoms with E-state index in [1.807, 2.05) is 0 Å². The van der Waals surface area contributed by atoms with Crippen LogP contribution in [0.3, 0.4) is 0 Å². The second kappa shape index (κ2) is 4.74. The Morgan fingerprint density at radius 1 is 1.35 bits per heavy atom. The number of sulfone groups is 1. The molecule has 8 heteroatoms. The van der Waals surface area contributed by atoms with Crippen LogP contribution in [0, 0.1) is 5.82 Å². The molecule has 1 aromatic carbocycles. The summed E-state index contributed by atoms with van der Waals surface area (Å²) in [6.45, 7) is 0. The third kappa shape index (κ3) is 3.19. The van der Waals surface area contributed by atoms with Crippen molar-refractivity contribution < 1.29 is 31.5 Å². The number of hydrogen-bond acceptors (Lipinski definition) is 3. The summed E-state index contributed by atoms with van der Waals surface area (Å²) < 4.78 is 59.6. The van der Waals surface area contributed by atoms with E-state index in [9.17, 15) is 26.4 Å². The Bertz CT molecular complexity index is 539. The van der Waals surface area contributed by atoms with Gasteiger partial charge in [0.2, 0.25) is 0 Å². The first-order valence-corrected chi connectivity index (χ1v) is 5.93. The van der Waals surface area contributed by atoms with Crippen molar-refractivity contribution in [1.82, 2.24) is 0 Å². The van der Waals surface area contributed by atoms with Gasteiger partial charge in [0, 0.05) is 0 Å². The van der Waals surface area contributed by atoms with E-state index in [4.69, 9.17) is 5.11 Å². The van der Waals surface area contributed by atoms with Crippen LogP contribution in [-0.2, 0) is 9.84 Å². The Morgan fingerprint density at radius 3 is 2.41 bits per heavy atom. The predicted molar refractivity (Wildman–Crippen MR) is 51.4 cm³/mol. The lowest BCUT2D eigenvalue weighted by molar-refractivity contribution is 0.0691. The highest BCUT2D eigenvalue weighted by Gasteiger charge is 2.23. The summed E-state index contributed by atoms with van der Waals surface area (Å²) in [6, 6.07) is 1.89. The molecular weight excluding hydrogens is 261 g/mol. The Labute approximate surface area is 94.6 Å². The van der Waals surface area contributed by atoms with Crippen molar-refractivity contribution in [3.8, 4) is 0 Å². The number of carboxylic acids is 1. The van der Waals surface area contributed by atoms with Crippen LogP contribution in [0.25, 0.3) is 0 Å². The van der Waals surface area contributed by atoms with E-state index in [1.54, 1.807) is 0 Å². The predicted octanol–water partition coefficient (Wildman–Crippen LogP) is 1.56. The molecule has 0 unspecified atom stereocenters. The summed E-state index contributed by atoms with van der Waals surface area (Å²) >= 11 is 0. The van der Waals surface area contributed by atoms with E-state index >= 15 is 0 Å². The number of aromatic carboxylic acids is 1. The molecule has 1 aromatic rings. The SMILES string of the molecule is O=C(O)c1cc(S(=O)(=O)CC(F)F)ccc1F. The van der Waals surface area contributed by atoms with Gasteiger partial charge in [0.25, 0.3) is 6.43 Å². The first kappa shape index (κ1) is 13.5. The average molecular weight is 268 g/mol. The van der Waals surface area contributed by atoms with Crippen molar-refractivity contribution in [2.45, 2.75) is 11.3 Å². The Kier molecular flexibility index (Phi) is 3.76. The molecule has 0 aromatic heterocycles. The van der Waals surface area contributed by atoms with Gasteiger partial charge < -0.3 is 5.11 Å². The zero-order chi connectivity index (χ0) is 13.2. The van der Waals surface area contributed by atoms with Crippen LogP contribution in [0.4, 0.5) is 13.2 Å². The van der Waals surface area contributed by atoms with E-state index in [-0.39, 0.29) is 0 Å². The number of benzene rings is 1. The molecule has 0 saturated carbocycles. The van der Waals surface area contributed by atoms with Gasteiger partial charge in [-0.1, -0.05) is 0 Å². The summed E-state index contributed by atoms with van der Waals surface area (Å²) in [4.78, 5) is 9.90. The minimum absolute atomic E-state index is 0.523. The van der Waals surface area contributed by atoms with Gasteiger partial charge in [-0.3, -0.25) is 0 Å². The quantitative estimate of drug-likeness (QED) is 0.841. The molecular formula is C9H7F3O4S. The molecule has 0 radical (unpaired) electrons. The van der Waals surface area contributed by atoms with Crippen molar-refractivity contribution in [2.75, 3.05) is 5.75 Å². The lowest BCUT2D eigenvalue weighted by atomic mass is 10.2. The summed E-state index contributed by atoms with van der Waals surface area (Å²) in [5, 5.41) is 8.55. The molecule has 1 N–H and O–H groups in total. The molecule has 4 nitrogen and oxygen atoms in total. The second-order valence-corrected chi connectivity index (χ2v) is 5.15. The monoisotopic (exact) mass is 268 g/mol. The molecule has 0 aliphatic heterocycles. The summed E-state index contributed by atoms with van der Waals surface area (Å²) in [6.07, 6.45) is -3.08. The van der Waals surface area contributed by atoms with Crippen LogP contribution in [0.15, 0.2) is 23.1 Å². The smallest absolute Gasteiger partial charge is 0.338 e. The number of carbonyl (C=O) groups is 1. The first-order valence-electron chi connectivity index (χ1n) is 4.28. The van der Waals surface area contributed by atoms with E-state index in [0.29, 0.717) is 12.1 Å². The summed E-state index contributed by atoms with van der Waals surface area (Å²) in [5.41, 5.74) is -0.875. The first-order chi connectivity index (χ1) is 7.74. The van der Waals surface area contributed by atoms with Gasteiger partial charge in [-0.25, -0.2) is 26.4 Å². The number of carboxylic acid groups (broad SMARTS) is 1. The van der Waals surface area contributed by atoms with Crippen molar-refractivity contribution in [1.29, 1.82) is 0 Å². The number of halogens is 3. The molecule has 0 amide bonds. The van der Waals surface area contributed by atoms with Gasteiger partial charge in [0.05, 0.1) is 10.5 Å². The topological polar surface area (TPSA) is 71.4 Å². The van der Waals surface area contributed by atoms with Crippen molar-refractivity contribution in [3.05, 3.63) is 29.6 Å². The van der Waals surface area contributed by atoms with Gasteiger partial charge in [0.15, 0.2) is 9.84 Å². The lowest BCUT2D eigenvalue weighted by Crippen LogP contribution is -2.14. The van der Waals surface area contributed by atoms with Crippen LogP contribution in [0.2, 0.25) is 0 Å². The fraction of sp³-hybridized carbons (Fsp3) is 0.222. The molecule has 1 rings (SSSR count). The molecule has 0 fully saturated rings. The van der Waals surface area contributed by atoms with E-state index in [2.05, 4.69) is 0 Å². The van der Waals surface area contributed by atoms with E-state index in [1.165, 1.54) is 0 Å². The summed E-state index contributed by atoms with van der Waals surface area (Å²) in [7, 11) is -4.31. The molecule has 0 aliphatic carbocycles. The Morgan fingerprint density at radius 2 is 1.94 bits per heavy atom. The van der Waals surface area contributed by atoms with Crippen LogP contribution in [0.5, 0.6) is 0 Å². The number of hydrogen-bond donors (Lipinski definition) is 1. The highest BCUT2D eigenvalue weighted by Crippen LogP contribution is 2.18. The molecule has 94 valence electrons. The van der Waals surface area contributed by atoms with Gasteiger partial charge in [-0.15, -0.1) is 0 Å². The number of rotatable bonds is 4. The van der Waals surface area contributed by atoms with Crippen molar-refractivity contribution in [2.24, 2.45) is 0 Å². The average Bonchev–Trinajstić information content (AvgIpc) is 2.15. The van der Waals surface area contributed by atoms with Crippen LogP contribution in [0.1, 0.15) is 10.4 Å². The van der Waals surface area contributed by atoms with Gasteiger partial charge >= 0.3 is 5.97 Å².